The van der Waals surface area contributed by atoms with Crippen LogP contribution >= 0.6 is 0 Å². The molecule has 1 aliphatic heterocycles. The van der Waals surface area contributed by atoms with Crippen LogP contribution in [-0.2, 0) is 4.79 Å². The molecule has 0 aromatic rings. The lowest BCUT2D eigenvalue weighted by molar-refractivity contribution is -0.116. The Morgan fingerprint density at radius 2 is 2.13 bits per heavy atom. The maximum atomic E-state index is 11.2. The Hall–Kier alpha value is -1.09. The van der Waals surface area contributed by atoms with E-state index in [-0.39, 0.29) is 5.91 Å². The molecule has 1 N–H and O–H groups in total. The highest BCUT2D eigenvalue weighted by molar-refractivity contribution is 5.87. The summed E-state index contributed by atoms with van der Waals surface area (Å²) >= 11 is 0. The van der Waals surface area contributed by atoms with Gasteiger partial charge in [0.05, 0.1) is 0 Å². The zero-order chi connectivity index (χ0) is 10.9. The minimum atomic E-state index is -0.00366. The van der Waals surface area contributed by atoms with Crippen molar-refractivity contribution in [2.24, 2.45) is 0 Å². The average Bonchev–Trinajstić information content (AvgIpc) is 2.71. The minimum Gasteiger partial charge on any atom is -0.351 e. The molecule has 0 atom stereocenters. The Labute approximate surface area is 91.8 Å². The van der Waals surface area contributed by atoms with Gasteiger partial charge in [-0.15, -0.1) is 6.58 Å². The summed E-state index contributed by atoms with van der Waals surface area (Å²) in [7, 11) is 0. The molecule has 1 amide bonds. The van der Waals surface area contributed by atoms with Crippen LogP contribution < -0.4 is 5.32 Å². The number of nitrogens with one attached hydrogen (secondary N) is 1. The number of hydrogen-bond acceptors (Lipinski definition) is 2. The second-order valence-electron chi connectivity index (χ2n) is 3.77. The maximum Gasteiger partial charge on any atom is 0.243 e. The smallest absolute Gasteiger partial charge is 0.243 e. The highest BCUT2D eigenvalue weighted by Gasteiger charge is 2.10. The molecular weight excluding hydrogens is 188 g/mol. The lowest BCUT2D eigenvalue weighted by Crippen LogP contribution is -2.32. The number of amides is 1. The van der Waals surface area contributed by atoms with E-state index in [4.69, 9.17) is 0 Å². The van der Waals surface area contributed by atoms with Crippen LogP contribution in [0.4, 0.5) is 0 Å². The molecular formula is C12H20N2O. The predicted molar refractivity (Wildman–Crippen MR) is 62.6 cm³/mol. The predicted octanol–water partition coefficient (Wildman–Crippen LogP) is 1.33. The van der Waals surface area contributed by atoms with E-state index >= 15 is 0 Å². The third-order valence-corrected chi connectivity index (χ3v) is 2.50. The lowest BCUT2D eigenvalue weighted by atomic mass is 10.3. The Morgan fingerprint density at radius 3 is 2.80 bits per heavy atom. The maximum absolute atomic E-state index is 11.2. The summed E-state index contributed by atoms with van der Waals surface area (Å²) in [5.74, 6) is -0.00366. The van der Waals surface area contributed by atoms with Gasteiger partial charge in [-0.05, 0) is 38.4 Å². The van der Waals surface area contributed by atoms with Crippen LogP contribution in [0.1, 0.15) is 19.3 Å². The number of rotatable bonds is 6. The van der Waals surface area contributed by atoms with Crippen molar-refractivity contribution in [1.29, 1.82) is 0 Å². The fraction of sp³-hybridized carbons (Fsp3) is 0.583. The van der Waals surface area contributed by atoms with Crippen molar-refractivity contribution < 1.29 is 4.79 Å². The molecule has 3 heteroatoms. The molecule has 15 heavy (non-hydrogen) atoms. The molecule has 0 aromatic carbocycles. The Balaban J connectivity index is 2.03. The first-order valence-electron chi connectivity index (χ1n) is 5.60. The number of nitrogens with zero attached hydrogens (tertiary/aromatic N) is 1. The molecule has 1 saturated heterocycles. The number of carbonyl (C=O) groups excluding carboxylic acids is 1. The van der Waals surface area contributed by atoms with Crippen molar-refractivity contribution in [2.75, 3.05) is 26.2 Å². The van der Waals surface area contributed by atoms with Crippen LogP contribution in [0.3, 0.4) is 0 Å². The van der Waals surface area contributed by atoms with Crippen LogP contribution in [0.5, 0.6) is 0 Å². The zero-order valence-corrected chi connectivity index (χ0v) is 9.24. The lowest BCUT2D eigenvalue weighted by Gasteiger charge is -2.13. The van der Waals surface area contributed by atoms with Gasteiger partial charge in [0, 0.05) is 13.1 Å². The molecule has 1 aliphatic rings. The molecule has 0 spiro atoms. The van der Waals surface area contributed by atoms with Gasteiger partial charge in [0.25, 0.3) is 0 Å². The van der Waals surface area contributed by atoms with Crippen molar-refractivity contribution >= 4 is 5.91 Å². The van der Waals surface area contributed by atoms with Crippen LogP contribution in [0.2, 0.25) is 0 Å². The van der Waals surface area contributed by atoms with Crippen molar-refractivity contribution in [3.05, 3.63) is 24.8 Å². The molecule has 0 bridgehead atoms. The van der Waals surface area contributed by atoms with E-state index in [1.165, 1.54) is 25.9 Å². The summed E-state index contributed by atoms with van der Waals surface area (Å²) in [4.78, 5) is 13.6. The second-order valence-corrected chi connectivity index (χ2v) is 3.77. The van der Waals surface area contributed by atoms with Crippen LogP contribution in [0, 0.1) is 0 Å². The normalized spacial score (nSPS) is 17.1. The fourth-order valence-electron chi connectivity index (χ4n) is 1.67. The quantitative estimate of drug-likeness (QED) is 0.527. The number of likely N-dealkylation sites (tertiary alicyclic amines) is 1. The van der Waals surface area contributed by atoms with Crippen molar-refractivity contribution in [3.63, 3.8) is 0 Å². The highest BCUT2D eigenvalue weighted by Crippen LogP contribution is 2.05. The van der Waals surface area contributed by atoms with Gasteiger partial charge in [0.1, 0.15) is 0 Å². The summed E-state index contributed by atoms with van der Waals surface area (Å²) in [6.45, 7) is 7.67. The fourth-order valence-corrected chi connectivity index (χ4v) is 1.67. The van der Waals surface area contributed by atoms with E-state index in [1.807, 2.05) is 6.08 Å². The summed E-state index contributed by atoms with van der Waals surface area (Å²) in [5, 5.41) is 2.87. The zero-order valence-electron chi connectivity index (χ0n) is 9.24. The summed E-state index contributed by atoms with van der Waals surface area (Å²) in [5.41, 5.74) is 0. The van der Waals surface area contributed by atoms with Crippen LogP contribution in [0.15, 0.2) is 24.8 Å². The second kappa shape index (κ2) is 7.23. The van der Waals surface area contributed by atoms with E-state index in [0.29, 0.717) is 0 Å². The first-order chi connectivity index (χ1) is 7.33. The monoisotopic (exact) mass is 208 g/mol. The van der Waals surface area contributed by atoms with Gasteiger partial charge in [-0.1, -0.05) is 12.2 Å². The molecule has 1 rings (SSSR count). The van der Waals surface area contributed by atoms with Crippen molar-refractivity contribution in [3.8, 4) is 0 Å². The first kappa shape index (κ1) is 12.0. The van der Waals surface area contributed by atoms with Crippen LogP contribution in [-0.4, -0.2) is 37.0 Å². The van der Waals surface area contributed by atoms with Gasteiger partial charge in [-0.3, -0.25) is 4.79 Å². The van der Waals surface area contributed by atoms with Crippen LogP contribution in [0.25, 0.3) is 0 Å². The molecule has 84 valence electrons. The van der Waals surface area contributed by atoms with Crippen molar-refractivity contribution in [1.82, 2.24) is 10.2 Å². The summed E-state index contributed by atoms with van der Waals surface area (Å²) in [6, 6.07) is 0. The largest absolute Gasteiger partial charge is 0.351 e. The van der Waals surface area contributed by atoms with Gasteiger partial charge in [-0.2, -0.15) is 0 Å². The third kappa shape index (κ3) is 5.37. The summed E-state index contributed by atoms with van der Waals surface area (Å²) in [6.07, 6.45) is 8.51. The number of allylic oxidation sites excluding steroid dienone is 2. The van der Waals surface area contributed by atoms with E-state index in [0.717, 1.165) is 19.5 Å². The molecule has 0 aliphatic carbocycles. The van der Waals surface area contributed by atoms with Gasteiger partial charge < -0.3 is 10.2 Å². The Morgan fingerprint density at radius 1 is 1.40 bits per heavy atom. The molecule has 0 aromatic heterocycles. The highest BCUT2D eigenvalue weighted by atomic mass is 16.1. The molecule has 3 nitrogen and oxygen atoms in total. The molecule has 0 unspecified atom stereocenters. The Kier molecular flexibility index (Phi) is 5.78. The average molecular weight is 208 g/mol. The van der Waals surface area contributed by atoms with Crippen molar-refractivity contribution in [2.45, 2.75) is 19.3 Å². The topological polar surface area (TPSA) is 32.3 Å². The van der Waals surface area contributed by atoms with E-state index < -0.39 is 0 Å². The Bertz CT molecular complexity index is 230. The number of hydrogen-bond donors (Lipinski definition) is 1. The van der Waals surface area contributed by atoms with E-state index in [2.05, 4.69) is 16.8 Å². The van der Waals surface area contributed by atoms with Gasteiger partial charge >= 0.3 is 0 Å². The molecule has 0 saturated carbocycles. The third-order valence-electron chi connectivity index (χ3n) is 2.50. The number of carbonyl (C=O) groups is 1. The summed E-state index contributed by atoms with van der Waals surface area (Å²) < 4.78 is 0. The van der Waals surface area contributed by atoms with E-state index in [9.17, 15) is 4.79 Å². The van der Waals surface area contributed by atoms with Gasteiger partial charge in [-0.25, -0.2) is 0 Å². The standard InChI is InChI=1S/C12H20N2O/c1-2-3-4-7-12(15)13-8-11-14-9-5-6-10-14/h2,4,7H,1,3,5-6,8-11H2,(H,13,15). The minimum absolute atomic E-state index is 0.00366. The molecule has 1 fully saturated rings. The SMILES string of the molecule is C=CCC=CC(=O)NCCN1CCCC1. The first-order valence-corrected chi connectivity index (χ1v) is 5.60. The van der Waals surface area contributed by atoms with Gasteiger partial charge in [0.15, 0.2) is 0 Å². The van der Waals surface area contributed by atoms with Gasteiger partial charge in [0.2, 0.25) is 5.91 Å². The molecule has 1 heterocycles. The van der Waals surface area contributed by atoms with E-state index in [1.54, 1.807) is 12.2 Å². The molecule has 0 radical (unpaired) electrons.